The van der Waals surface area contributed by atoms with E-state index in [1.54, 1.807) is 0 Å². The molecule has 0 radical (unpaired) electrons. The lowest BCUT2D eigenvalue weighted by Crippen LogP contribution is -2.45. The fourth-order valence-corrected chi connectivity index (χ4v) is 4.59. The number of aliphatic hydroxyl groups excluding tert-OH is 2. The molecule has 2 heteroatoms. The summed E-state index contributed by atoms with van der Waals surface area (Å²) in [6.45, 7) is 0.788. The molecule has 0 aliphatic heterocycles. The van der Waals surface area contributed by atoms with E-state index in [0.717, 1.165) is 23.7 Å². The third-order valence-corrected chi connectivity index (χ3v) is 5.19. The fourth-order valence-electron chi connectivity index (χ4n) is 4.59. The van der Waals surface area contributed by atoms with Gasteiger partial charge in [0.2, 0.25) is 0 Å². The van der Waals surface area contributed by atoms with Crippen molar-refractivity contribution >= 4 is 0 Å². The standard InChI is InChI=1S/C12H20O2/c13-5-10-3-8-1-7(10)2-9-4-11(6-14)12(8)9/h7-14H,1-6H2. The van der Waals surface area contributed by atoms with Gasteiger partial charge < -0.3 is 10.2 Å². The van der Waals surface area contributed by atoms with Gasteiger partial charge in [0.1, 0.15) is 0 Å². The molecule has 6 atom stereocenters. The van der Waals surface area contributed by atoms with Crippen LogP contribution in [0.2, 0.25) is 0 Å². The summed E-state index contributed by atoms with van der Waals surface area (Å²) in [5.41, 5.74) is 0. The Labute approximate surface area is 85.3 Å². The van der Waals surface area contributed by atoms with E-state index in [2.05, 4.69) is 0 Å². The number of fused-ring (bicyclic) bond motifs is 4. The molecule has 2 bridgehead atoms. The maximum absolute atomic E-state index is 9.28. The molecule has 14 heavy (non-hydrogen) atoms. The third-order valence-electron chi connectivity index (χ3n) is 5.19. The summed E-state index contributed by atoms with van der Waals surface area (Å²) in [6.07, 6.45) is 5.16. The summed E-state index contributed by atoms with van der Waals surface area (Å²) in [5.74, 6) is 4.54. The topological polar surface area (TPSA) is 40.5 Å². The fraction of sp³-hybridized carbons (Fsp3) is 1.00. The van der Waals surface area contributed by atoms with Gasteiger partial charge in [-0.3, -0.25) is 0 Å². The Balaban J connectivity index is 1.74. The number of aliphatic hydroxyl groups is 2. The first kappa shape index (κ1) is 9.17. The monoisotopic (exact) mass is 196 g/mol. The molecule has 0 aromatic rings. The predicted octanol–water partition coefficient (Wildman–Crippen LogP) is 1.27. The SMILES string of the molecule is OCC1CC2CC1CC1CC(CO)C21. The normalized spacial score (nSPS) is 55.3. The van der Waals surface area contributed by atoms with Crippen LogP contribution in [0.5, 0.6) is 0 Å². The van der Waals surface area contributed by atoms with Crippen molar-refractivity contribution in [2.24, 2.45) is 35.5 Å². The predicted molar refractivity (Wildman–Crippen MR) is 53.6 cm³/mol. The van der Waals surface area contributed by atoms with Gasteiger partial charge in [-0.05, 0) is 61.2 Å². The second kappa shape index (κ2) is 3.21. The number of rotatable bonds is 2. The van der Waals surface area contributed by atoms with Gasteiger partial charge in [-0.25, -0.2) is 0 Å². The molecule has 0 heterocycles. The van der Waals surface area contributed by atoms with Crippen molar-refractivity contribution < 1.29 is 10.2 Å². The van der Waals surface area contributed by atoms with Crippen molar-refractivity contribution in [1.82, 2.24) is 0 Å². The Morgan fingerprint density at radius 2 is 1.29 bits per heavy atom. The van der Waals surface area contributed by atoms with Gasteiger partial charge in [-0.2, -0.15) is 0 Å². The van der Waals surface area contributed by atoms with Crippen molar-refractivity contribution in [1.29, 1.82) is 0 Å². The molecular weight excluding hydrogens is 176 g/mol. The Hall–Kier alpha value is -0.0800. The second-order valence-corrected chi connectivity index (χ2v) is 5.69. The van der Waals surface area contributed by atoms with Crippen LogP contribution in [0.3, 0.4) is 0 Å². The summed E-state index contributed by atoms with van der Waals surface area (Å²) in [4.78, 5) is 0. The number of hydrogen-bond donors (Lipinski definition) is 2. The van der Waals surface area contributed by atoms with Crippen LogP contribution >= 0.6 is 0 Å². The first-order chi connectivity index (χ1) is 6.83. The third kappa shape index (κ3) is 1.10. The lowest BCUT2D eigenvalue weighted by atomic mass is 9.55. The lowest BCUT2D eigenvalue weighted by molar-refractivity contribution is -0.0446. The summed E-state index contributed by atoms with van der Waals surface area (Å²) in [7, 11) is 0. The Morgan fingerprint density at radius 1 is 0.714 bits per heavy atom. The molecular formula is C12H20O2. The molecule has 3 aliphatic carbocycles. The zero-order valence-corrected chi connectivity index (χ0v) is 8.60. The van der Waals surface area contributed by atoms with Gasteiger partial charge in [0.25, 0.3) is 0 Å². The Kier molecular flexibility index (Phi) is 2.10. The van der Waals surface area contributed by atoms with Gasteiger partial charge in [0.05, 0.1) is 0 Å². The highest BCUT2D eigenvalue weighted by Gasteiger charge is 2.53. The van der Waals surface area contributed by atoms with E-state index >= 15 is 0 Å². The van der Waals surface area contributed by atoms with Crippen LogP contribution in [0.25, 0.3) is 0 Å². The van der Waals surface area contributed by atoms with Crippen molar-refractivity contribution in [2.45, 2.75) is 25.7 Å². The molecule has 0 aromatic heterocycles. The average Bonchev–Trinajstić information content (AvgIpc) is 2.49. The molecule has 2 N–H and O–H groups in total. The first-order valence-corrected chi connectivity index (χ1v) is 6.05. The number of hydrogen-bond acceptors (Lipinski definition) is 2. The minimum atomic E-state index is 0.393. The van der Waals surface area contributed by atoms with Crippen molar-refractivity contribution in [3.8, 4) is 0 Å². The first-order valence-electron chi connectivity index (χ1n) is 6.05. The maximum Gasteiger partial charge on any atom is 0.0462 e. The van der Waals surface area contributed by atoms with E-state index in [9.17, 15) is 10.2 Å². The average molecular weight is 196 g/mol. The minimum Gasteiger partial charge on any atom is -0.396 e. The van der Waals surface area contributed by atoms with Crippen LogP contribution in [-0.4, -0.2) is 23.4 Å². The Bertz CT molecular complexity index is 228. The molecule has 2 nitrogen and oxygen atoms in total. The van der Waals surface area contributed by atoms with Crippen molar-refractivity contribution in [3.05, 3.63) is 0 Å². The van der Waals surface area contributed by atoms with Crippen LogP contribution in [0.15, 0.2) is 0 Å². The molecule has 80 valence electrons. The zero-order valence-electron chi connectivity index (χ0n) is 8.60. The zero-order chi connectivity index (χ0) is 9.71. The molecule has 0 amide bonds. The van der Waals surface area contributed by atoms with Crippen LogP contribution in [0, 0.1) is 35.5 Å². The largest absolute Gasteiger partial charge is 0.396 e. The van der Waals surface area contributed by atoms with Crippen molar-refractivity contribution in [2.75, 3.05) is 13.2 Å². The molecule has 0 aromatic carbocycles. The highest BCUT2D eigenvalue weighted by molar-refractivity contribution is 5.03. The lowest BCUT2D eigenvalue weighted by Gasteiger charge is -2.51. The van der Waals surface area contributed by atoms with E-state index in [-0.39, 0.29) is 0 Å². The van der Waals surface area contributed by atoms with Crippen molar-refractivity contribution in [3.63, 3.8) is 0 Å². The minimum absolute atomic E-state index is 0.393. The van der Waals surface area contributed by atoms with E-state index < -0.39 is 0 Å². The van der Waals surface area contributed by atoms with E-state index in [1.165, 1.54) is 25.7 Å². The highest BCUT2D eigenvalue weighted by atomic mass is 16.3. The highest BCUT2D eigenvalue weighted by Crippen LogP contribution is 2.60. The van der Waals surface area contributed by atoms with Crippen LogP contribution in [-0.2, 0) is 0 Å². The van der Waals surface area contributed by atoms with Gasteiger partial charge in [-0.1, -0.05) is 0 Å². The summed E-state index contributed by atoms with van der Waals surface area (Å²) < 4.78 is 0. The molecule has 3 aliphatic rings. The molecule has 3 rings (SSSR count). The van der Waals surface area contributed by atoms with Crippen LogP contribution in [0.4, 0.5) is 0 Å². The van der Waals surface area contributed by atoms with Gasteiger partial charge >= 0.3 is 0 Å². The molecule has 0 saturated heterocycles. The van der Waals surface area contributed by atoms with Crippen LogP contribution in [0.1, 0.15) is 25.7 Å². The second-order valence-electron chi connectivity index (χ2n) is 5.69. The summed E-state index contributed by atoms with van der Waals surface area (Å²) in [5, 5.41) is 18.5. The van der Waals surface area contributed by atoms with Gasteiger partial charge in [0, 0.05) is 13.2 Å². The summed E-state index contributed by atoms with van der Waals surface area (Å²) >= 11 is 0. The molecule has 6 unspecified atom stereocenters. The van der Waals surface area contributed by atoms with E-state index in [0.29, 0.717) is 25.0 Å². The molecule has 3 saturated carbocycles. The summed E-state index contributed by atoms with van der Waals surface area (Å²) in [6, 6.07) is 0. The Morgan fingerprint density at radius 3 is 1.86 bits per heavy atom. The van der Waals surface area contributed by atoms with Gasteiger partial charge in [0.15, 0.2) is 0 Å². The smallest absolute Gasteiger partial charge is 0.0462 e. The van der Waals surface area contributed by atoms with E-state index in [1.807, 2.05) is 0 Å². The quantitative estimate of drug-likeness (QED) is 0.698. The van der Waals surface area contributed by atoms with Gasteiger partial charge in [-0.15, -0.1) is 0 Å². The molecule has 0 spiro atoms. The maximum atomic E-state index is 9.28. The van der Waals surface area contributed by atoms with E-state index in [4.69, 9.17) is 0 Å². The molecule has 3 fully saturated rings. The van der Waals surface area contributed by atoms with Crippen LogP contribution < -0.4 is 0 Å².